The van der Waals surface area contributed by atoms with Gasteiger partial charge in [-0.3, -0.25) is 0 Å². The van der Waals surface area contributed by atoms with Crippen LogP contribution in [0.2, 0.25) is 5.02 Å². The first kappa shape index (κ1) is 18.9. The van der Waals surface area contributed by atoms with E-state index < -0.39 is 5.97 Å². The molecule has 0 aliphatic heterocycles. The number of nitrogens with one attached hydrogen (secondary N) is 1. The highest BCUT2D eigenvalue weighted by Gasteiger charge is 2.12. The summed E-state index contributed by atoms with van der Waals surface area (Å²) in [6, 6.07) is 13.7. The molecule has 2 aromatic carbocycles. The van der Waals surface area contributed by atoms with Gasteiger partial charge in [0.2, 0.25) is 0 Å². The Labute approximate surface area is 162 Å². The van der Waals surface area contributed by atoms with Gasteiger partial charge in [0, 0.05) is 23.3 Å². The minimum Gasteiger partial charge on any atom is -0.465 e. The van der Waals surface area contributed by atoms with Crippen LogP contribution < -0.4 is 5.32 Å². The van der Waals surface area contributed by atoms with E-state index in [1.807, 2.05) is 25.1 Å². The molecular weight excluding hydrogens is 367 g/mol. The van der Waals surface area contributed by atoms with Gasteiger partial charge in [-0.2, -0.15) is 0 Å². The molecular formula is C21H18ClFN2O2. The predicted molar refractivity (Wildman–Crippen MR) is 104 cm³/mol. The summed E-state index contributed by atoms with van der Waals surface area (Å²) in [6.45, 7) is 1.83. The Kier molecular flexibility index (Phi) is 5.72. The van der Waals surface area contributed by atoms with E-state index in [2.05, 4.69) is 10.3 Å². The number of benzene rings is 2. The molecule has 27 heavy (non-hydrogen) atoms. The molecule has 3 aromatic rings. The Morgan fingerprint density at radius 1 is 1.22 bits per heavy atom. The minimum atomic E-state index is -0.393. The number of pyridine rings is 1. The molecule has 0 saturated heterocycles. The molecule has 0 fully saturated rings. The number of carbonyl (C=O) groups excluding carboxylic acids is 1. The van der Waals surface area contributed by atoms with Crippen LogP contribution >= 0.6 is 11.6 Å². The lowest BCUT2D eigenvalue weighted by Gasteiger charge is -2.12. The van der Waals surface area contributed by atoms with Crippen LogP contribution in [-0.2, 0) is 11.2 Å². The summed E-state index contributed by atoms with van der Waals surface area (Å²) in [5, 5.41) is 3.58. The second-order valence-electron chi connectivity index (χ2n) is 6.06. The van der Waals surface area contributed by atoms with Crippen molar-refractivity contribution in [1.82, 2.24) is 4.98 Å². The average Bonchev–Trinajstić information content (AvgIpc) is 2.65. The number of anilines is 2. The normalized spacial score (nSPS) is 10.5. The van der Waals surface area contributed by atoms with Gasteiger partial charge in [0.1, 0.15) is 11.6 Å². The van der Waals surface area contributed by atoms with Crippen LogP contribution in [0.15, 0.2) is 54.7 Å². The molecule has 0 aliphatic rings. The smallest absolute Gasteiger partial charge is 0.338 e. The summed E-state index contributed by atoms with van der Waals surface area (Å²) in [7, 11) is 1.35. The van der Waals surface area contributed by atoms with Gasteiger partial charge in [0.25, 0.3) is 0 Å². The van der Waals surface area contributed by atoms with Gasteiger partial charge in [-0.05, 0) is 60.0 Å². The first-order valence-corrected chi connectivity index (χ1v) is 8.69. The summed E-state index contributed by atoms with van der Waals surface area (Å²) in [4.78, 5) is 16.1. The largest absolute Gasteiger partial charge is 0.465 e. The molecule has 3 rings (SSSR count). The van der Waals surface area contributed by atoms with Crippen LogP contribution in [0.25, 0.3) is 0 Å². The zero-order valence-electron chi connectivity index (χ0n) is 14.9. The number of hydrogen-bond acceptors (Lipinski definition) is 4. The second-order valence-corrected chi connectivity index (χ2v) is 6.49. The molecule has 138 valence electrons. The maximum absolute atomic E-state index is 14.0. The number of nitrogens with zero attached hydrogens (tertiary/aromatic N) is 1. The molecule has 0 atom stereocenters. The predicted octanol–water partition coefficient (Wildman–Crippen LogP) is 5.30. The summed E-state index contributed by atoms with van der Waals surface area (Å²) in [5.74, 6) is -0.126. The van der Waals surface area contributed by atoms with Crippen molar-refractivity contribution in [3.8, 4) is 0 Å². The van der Waals surface area contributed by atoms with Crippen molar-refractivity contribution >= 4 is 29.1 Å². The fourth-order valence-corrected chi connectivity index (χ4v) is 2.94. The van der Waals surface area contributed by atoms with Gasteiger partial charge in [0.05, 0.1) is 12.7 Å². The highest BCUT2D eigenvalue weighted by molar-refractivity contribution is 6.30. The van der Waals surface area contributed by atoms with Crippen molar-refractivity contribution in [3.63, 3.8) is 0 Å². The number of hydrogen-bond donors (Lipinski definition) is 1. The molecule has 6 heteroatoms. The van der Waals surface area contributed by atoms with Crippen LogP contribution in [0.3, 0.4) is 0 Å². The first-order chi connectivity index (χ1) is 13.0. The van der Waals surface area contributed by atoms with Crippen molar-refractivity contribution in [2.75, 3.05) is 12.4 Å². The number of aromatic nitrogens is 1. The molecule has 1 N–H and O–H groups in total. The molecule has 4 nitrogen and oxygen atoms in total. The van der Waals surface area contributed by atoms with Crippen molar-refractivity contribution < 1.29 is 13.9 Å². The van der Waals surface area contributed by atoms with E-state index in [9.17, 15) is 9.18 Å². The van der Waals surface area contributed by atoms with Crippen LogP contribution in [0.5, 0.6) is 0 Å². The van der Waals surface area contributed by atoms with E-state index in [0.717, 1.165) is 16.8 Å². The van der Waals surface area contributed by atoms with Crippen LogP contribution in [0, 0.1) is 12.7 Å². The van der Waals surface area contributed by atoms with Gasteiger partial charge < -0.3 is 10.1 Å². The standard InChI is InChI=1S/C21H18ClFN2O2/c1-13-17(21(26)27-2)4-3-5-19(13)25-20-11-14(8-9-24-20)10-15-6-7-16(22)12-18(15)23/h3-9,11-12H,10H2,1-2H3,(H,24,25). The first-order valence-electron chi connectivity index (χ1n) is 8.31. The molecule has 0 bridgehead atoms. The summed E-state index contributed by atoms with van der Waals surface area (Å²) in [5.41, 5.74) is 3.46. The minimum absolute atomic E-state index is 0.338. The van der Waals surface area contributed by atoms with Gasteiger partial charge in [-0.15, -0.1) is 0 Å². The van der Waals surface area contributed by atoms with Crippen molar-refractivity contribution in [2.45, 2.75) is 13.3 Å². The molecule has 0 saturated carbocycles. The summed E-state index contributed by atoms with van der Waals surface area (Å²) in [6.07, 6.45) is 2.08. The highest BCUT2D eigenvalue weighted by Crippen LogP contribution is 2.24. The van der Waals surface area contributed by atoms with Crippen LogP contribution in [0.1, 0.15) is 27.0 Å². The quantitative estimate of drug-likeness (QED) is 0.606. The zero-order chi connectivity index (χ0) is 19.4. The Morgan fingerprint density at radius 2 is 2.04 bits per heavy atom. The number of carbonyl (C=O) groups is 1. The van der Waals surface area contributed by atoms with Crippen LogP contribution in [-0.4, -0.2) is 18.1 Å². The van der Waals surface area contributed by atoms with Crippen molar-refractivity contribution in [2.24, 2.45) is 0 Å². The summed E-state index contributed by atoms with van der Waals surface area (Å²) >= 11 is 5.80. The van der Waals surface area contributed by atoms with Gasteiger partial charge >= 0.3 is 5.97 Å². The highest BCUT2D eigenvalue weighted by atomic mass is 35.5. The van der Waals surface area contributed by atoms with E-state index >= 15 is 0 Å². The fraction of sp³-hybridized carbons (Fsp3) is 0.143. The van der Waals surface area contributed by atoms with Gasteiger partial charge in [-0.25, -0.2) is 14.2 Å². The number of rotatable bonds is 5. The number of ether oxygens (including phenoxy) is 1. The third-order valence-corrected chi connectivity index (χ3v) is 4.47. The van der Waals surface area contributed by atoms with E-state index in [4.69, 9.17) is 16.3 Å². The molecule has 0 unspecified atom stereocenters. The number of esters is 1. The third-order valence-electron chi connectivity index (χ3n) is 4.24. The Balaban J connectivity index is 1.83. The second kappa shape index (κ2) is 8.18. The number of halogens is 2. The molecule has 1 aromatic heterocycles. The van der Waals surface area contributed by atoms with Crippen molar-refractivity contribution in [3.05, 3.63) is 87.8 Å². The van der Waals surface area contributed by atoms with Gasteiger partial charge in [0.15, 0.2) is 0 Å². The third kappa shape index (κ3) is 4.44. The topological polar surface area (TPSA) is 51.2 Å². The lowest BCUT2D eigenvalue weighted by atomic mass is 10.0. The Bertz CT molecular complexity index is 992. The van der Waals surface area contributed by atoms with Crippen molar-refractivity contribution in [1.29, 1.82) is 0 Å². The molecule has 0 amide bonds. The van der Waals surface area contributed by atoms with E-state index in [-0.39, 0.29) is 5.82 Å². The van der Waals surface area contributed by atoms with Gasteiger partial charge in [-0.1, -0.05) is 23.7 Å². The summed E-state index contributed by atoms with van der Waals surface area (Å²) < 4.78 is 18.8. The maximum atomic E-state index is 14.0. The molecule has 0 aliphatic carbocycles. The SMILES string of the molecule is COC(=O)c1cccc(Nc2cc(Cc3ccc(Cl)cc3F)ccn2)c1C. The monoisotopic (exact) mass is 384 g/mol. The van der Waals surface area contributed by atoms with E-state index in [0.29, 0.717) is 28.4 Å². The fourth-order valence-electron chi connectivity index (χ4n) is 2.78. The zero-order valence-corrected chi connectivity index (χ0v) is 15.7. The molecule has 0 radical (unpaired) electrons. The van der Waals surface area contributed by atoms with E-state index in [1.165, 1.54) is 13.2 Å². The maximum Gasteiger partial charge on any atom is 0.338 e. The van der Waals surface area contributed by atoms with Crippen LogP contribution in [0.4, 0.5) is 15.9 Å². The molecule has 0 spiro atoms. The number of methoxy groups -OCH3 is 1. The Morgan fingerprint density at radius 3 is 2.78 bits per heavy atom. The lowest BCUT2D eigenvalue weighted by molar-refractivity contribution is 0.0600. The van der Waals surface area contributed by atoms with E-state index in [1.54, 1.807) is 30.5 Å². The Hall–Kier alpha value is -2.92. The molecule has 1 heterocycles. The average molecular weight is 385 g/mol. The lowest BCUT2D eigenvalue weighted by Crippen LogP contribution is -2.06.